The normalized spacial score (nSPS) is 10.3. The molecule has 0 aliphatic carbocycles. The zero-order chi connectivity index (χ0) is 14.7. The van der Waals surface area contributed by atoms with E-state index in [1.165, 1.54) is 6.20 Å². The SMILES string of the molecule is Cc1c([N+](=O)[O-])cnc(NCc2ccc(Br)cc2)c1Br. The molecule has 0 bridgehead atoms. The zero-order valence-electron chi connectivity index (χ0n) is 10.6. The quantitative estimate of drug-likeness (QED) is 0.608. The standard InChI is InChI=1S/C13H11Br2N3O2/c1-8-11(18(19)20)7-17-13(12(8)15)16-6-9-2-4-10(14)5-3-9/h2-5,7H,6H2,1H3,(H,16,17). The average Bonchev–Trinajstić information content (AvgIpc) is 2.42. The third-order valence-corrected chi connectivity index (χ3v) is 4.31. The van der Waals surface area contributed by atoms with Crippen molar-refractivity contribution in [3.8, 4) is 0 Å². The summed E-state index contributed by atoms with van der Waals surface area (Å²) < 4.78 is 1.63. The lowest BCUT2D eigenvalue weighted by atomic mass is 10.2. The maximum atomic E-state index is 10.8. The van der Waals surface area contributed by atoms with Gasteiger partial charge in [-0.1, -0.05) is 28.1 Å². The van der Waals surface area contributed by atoms with Crippen LogP contribution in [0.2, 0.25) is 0 Å². The molecule has 0 aliphatic rings. The fourth-order valence-electron chi connectivity index (χ4n) is 1.66. The third-order valence-electron chi connectivity index (χ3n) is 2.81. The van der Waals surface area contributed by atoms with E-state index >= 15 is 0 Å². The Morgan fingerprint density at radius 3 is 2.55 bits per heavy atom. The van der Waals surface area contributed by atoms with Crippen LogP contribution in [0.1, 0.15) is 11.1 Å². The number of nitro groups is 1. The van der Waals surface area contributed by atoms with Gasteiger partial charge in [-0.3, -0.25) is 10.1 Å². The number of anilines is 1. The number of nitrogens with one attached hydrogen (secondary N) is 1. The molecule has 1 aromatic carbocycles. The van der Waals surface area contributed by atoms with E-state index in [1.54, 1.807) is 6.92 Å². The van der Waals surface area contributed by atoms with E-state index in [0.717, 1.165) is 10.0 Å². The summed E-state index contributed by atoms with van der Waals surface area (Å²) in [5.74, 6) is 0.594. The van der Waals surface area contributed by atoms with E-state index in [2.05, 4.69) is 42.2 Å². The van der Waals surface area contributed by atoms with E-state index in [4.69, 9.17) is 0 Å². The Kier molecular flexibility index (Phi) is 4.72. The number of benzene rings is 1. The molecule has 0 saturated heterocycles. The number of hydrogen-bond donors (Lipinski definition) is 1. The molecule has 0 aliphatic heterocycles. The van der Waals surface area contributed by atoms with Crippen LogP contribution in [0.5, 0.6) is 0 Å². The molecule has 2 aromatic rings. The van der Waals surface area contributed by atoms with Gasteiger partial charge >= 0.3 is 0 Å². The summed E-state index contributed by atoms with van der Waals surface area (Å²) in [6.07, 6.45) is 1.27. The van der Waals surface area contributed by atoms with E-state index in [0.29, 0.717) is 22.4 Å². The second-order valence-electron chi connectivity index (χ2n) is 4.17. The second-order valence-corrected chi connectivity index (χ2v) is 5.88. The van der Waals surface area contributed by atoms with Gasteiger partial charge in [-0.2, -0.15) is 0 Å². The minimum Gasteiger partial charge on any atom is -0.365 e. The lowest BCUT2D eigenvalue weighted by Crippen LogP contribution is -2.04. The molecule has 0 unspecified atom stereocenters. The maximum Gasteiger partial charge on any atom is 0.291 e. The van der Waals surface area contributed by atoms with E-state index in [1.807, 2.05) is 24.3 Å². The smallest absolute Gasteiger partial charge is 0.291 e. The Bertz CT molecular complexity index is 645. The highest BCUT2D eigenvalue weighted by molar-refractivity contribution is 9.11. The van der Waals surface area contributed by atoms with Crippen molar-refractivity contribution in [1.29, 1.82) is 0 Å². The van der Waals surface area contributed by atoms with Gasteiger partial charge in [0, 0.05) is 16.6 Å². The van der Waals surface area contributed by atoms with Crippen LogP contribution in [0.25, 0.3) is 0 Å². The monoisotopic (exact) mass is 399 g/mol. The molecular weight excluding hydrogens is 390 g/mol. The van der Waals surface area contributed by atoms with Crippen molar-refractivity contribution in [2.45, 2.75) is 13.5 Å². The second kappa shape index (κ2) is 6.32. The summed E-state index contributed by atoms with van der Waals surface area (Å²) in [5, 5.41) is 14.0. The van der Waals surface area contributed by atoms with Crippen molar-refractivity contribution in [1.82, 2.24) is 4.98 Å². The van der Waals surface area contributed by atoms with Gasteiger partial charge in [0.1, 0.15) is 12.0 Å². The van der Waals surface area contributed by atoms with Crippen molar-refractivity contribution in [3.05, 3.63) is 60.6 Å². The Hall–Kier alpha value is -1.47. The van der Waals surface area contributed by atoms with Crippen LogP contribution < -0.4 is 5.32 Å². The predicted octanol–water partition coefficient (Wildman–Crippen LogP) is 4.44. The first kappa shape index (κ1) is 14.9. The zero-order valence-corrected chi connectivity index (χ0v) is 13.7. The molecule has 5 nitrogen and oxygen atoms in total. The number of rotatable bonds is 4. The molecule has 0 radical (unpaired) electrons. The molecule has 0 saturated carbocycles. The van der Waals surface area contributed by atoms with Gasteiger partial charge in [0.25, 0.3) is 5.69 Å². The van der Waals surface area contributed by atoms with Gasteiger partial charge in [0.15, 0.2) is 0 Å². The molecule has 1 aromatic heterocycles. The van der Waals surface area contributed by atoms with Crippen LogP contribution in [-0.2, 0) is 6.54 Å². The van der Waals surface area contributed by atoms with E-state index in [9.17, 15) is 10.1 Å². The number of nitrogens with zero attached hydrogens (tertiary/aromatic N) is 2. The minimum absolute atomic E-state index is 0.00562. The molecule has 2 rings (SSSR count). The number of aromatic nitrogens is 1. The largest absolute Gasteiger partial charge is 0.365 e. The molecular formula is C13H11Br2N3O2. The third kappa shape index (κ3) is 3.34. The van der Waals surface area contributed by atoms with Crippen LogP contribution in [0.3, 0.4) is 0 Å². The highest BCUT2D eigenvalue weighted by Crippen LogP contribution is 2.30. The number of hydrogen-bond acceptors (Lipinski definition) is 4. The highest BCUT2D eigenvalue weighted by Gasteiger charge is 2.16. The predicted molar refractivity (Wildman–Crippen MR) is 84.8 cm³/mol. The van der Waals surface area contributed by atoms with Crippen molar-refractivity contribution < 1.29 is 4.92 Å². The Morgan fingerprint density at radius 1 is 1.30 bits per heavy atom. The first-order valence-electron chi connectivity index (χ1n) is 5.77. The Morgan fingerprint density at radius 2 is 1.95 bits per heavy atom. The van der Waals surface area contributed by atoms with Gasteiger partial charge in [-0.15, -0.1) is 0 Å². The molecule has 1 N–H and O–H groups in total. The van der Waals surface area contributed by atoms with Gasteiger partial charge in [-0.05, 0) is 40.5 Å². The van der Waals surface area contributed by atoms with Crippen LogP contribution in [0.4, 0.5) is 11.5 Å². The molecule has 0 atom stereocenters. The average molecular weight is 401 g/mol. The van der Waals surface area contributed by atoms with Gasteiger partial charge in [0.05, 0.1) is 9.40 Å². The summed E-state index contributed by atoms with van der Waals surface area (Å²) >= 11 is 6.73. The minimum atomic E-state index is -0.439. The lowest BCUT2D eigenvalue weighted by molar-refractivity contribution is -0.385. The molecule has 0 fully saturated rings. The Balaban J connectivity index is 2.16. The van der Waals surface area contributed by atoms with Gasteiger partial charge in [-0.25, -0.2) is 4.98 Å². The molecule has 104 valence electrons. The lowest BCUT2D eigenvalue weighted by Gasteiger charge is -2.09. The Labute approximate surface area is 132 Å². The van der Waals surface area contributed by atoms with E-state index < -0.39 is 4.92 Å². The summed E-state index contributed by atoms with van der Waals surface area (Å²) in [5.41, 5.74) is 1.66. The van der Waals surface area contributed by atoms with Crippen molar-refractivity contribution in [2.75, 3.05) is 5.32 Å². The summed E-state index contributed by atoms with van der Waals surface area (Å²) in [6.45, 7) is 2.28. The van der Waals surface area contributed by atoms with Crippen LogP contribution in [-0.4, -0.2) is 9.91 Å². The van der Waals surface area contributed by atoms with Crippen LogP contribution in [0, 0.1) is 17.0 Å². The maximum absolute atomic E-state index is 10.8. The highest BCUT2D eigenvalue weighted by atomic mass is 79.9. The number of pyridine rings is 1. The molecule has 0 spiro atoms. The summed E-state index contributed by atoms with van der Waals surface area (Å²) in [4.78, 5) is 14.5. The number of halogens is 2. The van der Waals surface area contributed by atoms with E-state index in [-0.39, 0.29) is 5.69 Å². The fourth-order valence-corrected chi connectivity index (χ4v) is 2.37. The van der Waals surface area contributed by atoms with Crippen LogP contribution in [0.15, 0.2) is 39.4 Å². The van der Waals surface area contributed by atoms with Crippen molar-refractivity contribution in [2.24, 2.45) is 0 Å². The van der Waals surface area contributed by atoms with Crippen molar-refractivity contribution in [3.63, 3.8) is 0 Å². The molecule has 0 amide bonds. The summed E-state index contributed by atoms with van der Waals surface area (Å²) in [6, 6.07) is 7.90. The van der Waals surface area contributed by atoms with Crippen molar-refractivity contribution >= 4 is 43.4 Å². The van der Waals surface area contributed by atoms with Gasteiger partial charge in [0.2, 0.25) is 0 Å². The molecule has 1 heterocycles. The first-order chi connectivity index (χ1) is 9.49. The summed E-state index contributed by atoms with van der Waals surface area (Å²) in [7, 11) is 0. The van der Waals surface area contributed by atoms with Gasteiger partial charge < -0.3 is 5.32 Å². The first-order valence-corrected chi connectivity index (χ1v) is 7.35. The molecule has 20 heavy (non-hydrogen) atoms. The topological polar surface area (TPSA) is 68.1 Å². The van der Waals surface area contributed by atoms with Crippen LogP contribution >= 0.6 is 31.9 Å². The molecule has 7 heteroatoms. The fraction of sp³-hybridized carbons (Fsp3) is 0.154.